The fourth-order valence-corrected chi connectivity index (χ4v) is 7.56. The van der Waals surface area contributed by atoms with Crippen molar-refractivity contribution < 1.29 is 32.9 Å². The zero-order valence-electron chi connectivity index (χ0n) is 30.1. The molecule has 2 aromatic heterocycles. The molecule has 7 rings (SSSR count). The molecule has 2 aliphatic rings. The minimum absolute atomic E-state index is 0.0139. The third kappa shape index (κ3) is 7.76. The summed E-state index contributed by atoms with van der Waals surface area (Å²) in [7, 11) is 6.50. The van der Waals surface area contributed by atoms with Crippen LogP contribution in [0.4, 0.5) is 11.7 Å². The molecule has 3 aromatic carbocycles. The number of nitrogens with zero attached hydrogens (tertiary/aromatic N) is 5. The van der Waals surface area contributed by atoms with Crippen LogP contribution in [0.3, 0.4) is 0 Å². The number of anilines is 2. The van der Waals surface area contributed by atoms with Gasteiger partial charge in [0.2, 0.25) is 5.91 Å². The predicted molar refractivity (Wildman–Crippen MR) is 203 cm³/mol. The van der Waals surface area contributed by atoms with Crippen LogP contribution in [0.15, 0.2) is 65.3 Å². The largest absolute Gasteiger partial charge is 0.497 e. The molecule has 4 heterocycles. The summed E-state index contributed by atoms with van der Waals surface area (Å²) in [5.74, 6) is 2.30. The molecular formula is C39H41Cl2N5O7. The second-order valence-corrected chi connectivity index (χ2v) is 13.8. The van der Waals surface area contributed by atoms with Gasteiger partial charge in [0, 0.05) is 59.5 Å². The van der Waals surface area contributed by atoms with Crippen molar-refractivity contribution in [1.29, 1.82) is 0 Å². The van der Waals surface area contributed by atoms with E-state index in [1.54, 1.807) is 46.9 Å². The Labute approximate surface area is 318 Å². The summed E-state index contributed by atoms with van der Waals surface area (Å²) in [6.45, 7) is 3.50. The molecule has 0 aliphatic carbocycles. The maximum atomic E-state index is 14.0. The summed E-state index contributed by atoms with van der Waals surface area (Å²) in [6.07, 6.45) is 4.13. The van der Waals surface area contributed by atoms with Gasteiger partial charge in [-0.25, -0.2) is 0 Å². The van der Waals surface area contributed by atoms with Crippen LogP contribution in [-0.4, -0.2) is 82.1 Å². The molecule has 12 nitrogen and oxygen atoms in total. The number of hydrogen-bond acceptors (Lipinski definition) is 11. The van der Waals surface area contributed by atoms with Gasteiger partial charge >= 0.3 is 0 Å². The highest BCUT2D eigenvalue weighted by atomic mass is 35.5. The van der Waals surface area contributed by atoms with Crippen LogP contribution in [0.5, 0.6) is 23.0 Å². The number of halogens is 2. The molecule has 278 valence electrons. The Kier molecular flexibility index (Phi) is 11.0. The molecule has 0 radical (unpaired) electrons. The first kappa shape index (κ1) is 36.4. The van der Waals surface area contributed by atoms with Crippen LogP contribution >= 0.6 is 23.2 Å². The van der Waals surface area contributed by atoms with Crippen molar-refractivity contribution in [2.24, 2.45) is 5.92 Å². The highest BCUT2D eigenvalue weighted by Gasteiger charge is 2.33. The SMILES string of the molecule is COc1ccc(CN(Cc2ccc(OC)cc2OC)c2nc3cncc(N4CCOCC(C(=O)N5CCc6cc(Cl)cc(Cl)c6C5)C4)c3o2)c(OC)c1. The Balaban J connectivity index is 1.19. The van der Waals surface area contributed by atoms with E-state index in [4.69, 9.17) is 56.3 Å². The topological polar surface area (TPSA) is 112 Å². The minimum atomic E-state index is -0.413. The smallest absolute Gasteiger partial charge is 0.299 e. The van der Waals surface area contributed by atoms with E-state index in [0.717, 1.165) is 27.9 Å². The van der Waals surface area contributed by atoms with Crippen molar-refractivity contribution in [3.63, 3.8) is 0 Å². The third-order valence-electron chi connectivity index (χ3n) is 9.77. The summed E-state index contributed by atoms with van der Waals surface area (Å²) in [4.78, 5) is 29.5. The van der Waals surface area contributed by atoms with E-state index in [9.17, 15) is 4.79 Å². The fourth-order valence-electron chi connectivity index (χ4n) is 6.96. The molecule has 5 aromatic rings. The van der Waals surface area contributed by atoms with Crippen LogP contribution in [0.1, 0.15) is 22.3 Å². The first-order valence-corrected chi connectivity index (χ1v) is 18.0. The quantitative estimate of drug-likeness (QED) is 0.142. The summed E-state index contributed by atoms with van der Waals surface area (Å²) in [6, 6.07) is 15.5. The zero-order chi connectivity index (χ0) is 37.1. The van der Waals surface area contributed by atoms with Gasteiger partial charge in [0.15, 0.2) is 5.58 Å². The number of methoxy groups -OCH3 is 4. The second-order valence-electron chi connectivity index (χ2n) is 13.0. The van der Waals surface area contributed by atoms with Crippen LogP contribution in [0, 0.1) is 5.92 Å². The number of rotatable bonds is 11. The molecule has 0 bridgehead atoms. The van der Waals surface area contributed by atoms with Gasteiger partial charge in [0.25, 0.3) is 6.01 Å². The van der Waals surface area contributed by atoms with E-state index in [1.165, 1.54) is 0 Å². The van der Waals surface area contributed by atoms with Crippen LogP contribution < -0.4 is 28.7 Å². The van der Waals surface area contributed by atoms with E-state index in [1.807, 2.05) is 52.3 Å². The number of aromatic nitrogens is 2. The van der Waals surface area contributed by atoms with Gasteiger partial charge in [-0.05, 0) is 53.9 Å². The van der Waals surface area contributed by atoms with Crippen molar-refractivity contribution in [2.45, 2.75) is 26.1 Å². The van der Waals surface area contributed by atoms with E-state index in [-0.39, 0.29) is 5.91 Å². The number of ether oxygens (including phenoxy) is 5. The minimum Gasteiger partial charge on any atom is -0.497 e. The third-order valence-corrected chi connectivity index (χ3v) is 10.3. The van der Waals surface area contributed by atoms with Crippen molar-refractivity contribution in [3.05, 3.63) is 93.2 Å². The number of carbonyl (C=O) groups is 1. The summed E-state index contributed by atoms with van der Waals surface area (Å²) < 4.78 is 35.0. The highest BCUT2D eigenvalue weighted by Crippen LogP contribution is 2.36. The predicted octanol–water partition coefficient (Wildman–Crippen LogP) is 6.81. The molecule has 0 spiro atoms. The average molecular weight is 763 g/mol. The molecule has 0 saturated carbocycles. The maximum absolute atomic E-state index is 14.0. The number of amides is 1. The standard InChI is InChI=1S/C39H41Cl2N5O7/c1-48-29-7-5-25(35(15-29)50-3)19-46(20-26-6-8-30(49-2)16-36(26)51-4)39-43-33-17-42-18-34(37(33)53-39)44-11-12-52-23-27(21-44)38(47)45-10-9-24-13-28(40)14-32(41)31(24)22-45/h5-8,13-18,27H,9-12,19-23H2,1-4H3. The normalized spacial score (nSPS) is 15.8. The zero-order valence-corrected chi connectivity index (χ0v) is 31.6. The number of oxazole rings is 1. The Morgan fingerprint density at radius 2 is 1.60 bits per heavy atom. The molecule has 0 N–H and O–H groups in total. The Hall–Kier alpha value is -4.91. The van der Waals surface area contributed by atoms with Crippen molar-refractivity contribution in [1.82, 2.24) is 14.9 Å². The van der Waals surface area contributed by atoms with Gasteiger partial charge in [-0.15, -0.1) is 0 Å². The van der Waals surface area contributed by atoms with Gasteiger partial charge in [0.1, 0.15) is 34.2 Å². The molecule has 53 heavy (non-hydrogen) atoms. The van der Waals surface area contributed by atoms with Crippen molar-refractivity contribution in [2.75, 3.05) is 71.1 Å². The lowest BCUT2D eigenvalue weighted by Gasteiger charge is -2.33. The molecule has 1 saturated heterocycles. The number of benzene rings is 3. The molecule has 1 amide bonds. The number of hydrogen-bond donors (Lipinski definition) is 0. The summed E-state index contributed by atoms with van der Waals surface area (Å²) in [5.41, 5.74) is 5.69. The second kappa shape index (κ2) is 16.0. The van der Waals surface area contributed by atoms with Crippen molar-refractivity contribution >= 4 is 51.9 Å². The van der Waals surface area contributed by atoms with E-state index < -0.39 is 5.92 Å². The maximum Gasteiger partial charge on any atom is 0.299 e. The Bertz CT molecular complexity index is 2050. The van der Waals surface area contributed by atoms with Crippen LogP contribution in [0.2, 0.25) is 10.0 Å². The molecular weight excluding hydrogens is 721 g/mol. The first-order chi connectivity index (χ1) is 25.8. The molecule has 14 heteroatoms. The van der Waals surface area contributed by atoms with Gasteiger partial charge in [-0.2, -0.15) is 4.98 Å². The van der Waals surface area contributed by atoms with Crippen LogP contribution in [0.25, 0.3) is 11.1 Å². The van der Waals surface area contributed by atoms with Gasteiger partial charge in [-0.1, -0.05) is 23.2 Å². The molecule has 1 fully saturated rings. The lowest BCUT2D eigenvalue weighted by atomic mass is 9.98. The van der Waals surface area contributed by atoms with Gasteiger partial charge in [-0.3, -0.25) is 9.78 Å². The number of fused-ring (bicyclic) bond motifs is 2. The lowest BCUT2D eigenvalue weighted by molar-refractivity contribution is -0.137. The first-order valence-electron chi connectivity index (χ1n) is 17.3. The molecule has 1 unspecified atom stereocenters. The Morgan fingerprint density at radius 3 is 2.26 bits per heavy atom. The number of carbonyl (C=O) groups excluding carboxylic acids is 1. The molecule has 1 atom stereocenters. The number of pyridine rings is 1. The van der Waals surface area contributed by atoms with Crippen molar-refractivity contribution in [3.8, 4) is 23.0 Å². The van der Waals surface area contributed by atoms with E-state index in [0.29, 0.717) is 109 Å². The average Bonchev–Trinajstić information content (AvgIpc) is 3.47. The van der Waals surface area contributed by atoms with Gasteiger partial charge < -0.3 is 42.8 Å². The van der Waals surface area contributed by atoms with E-state index >= 15 is 0 Å². The lowest BCUT2D eigenvalue weighted by Crippen LogP contribution is -2.44. The molecule has 2 aliphatic heterocycles. The van der Waals surface area contributed by atoms with E-state index in [2.05, 4.69) is 9.88 Å². The highest BCUT2D eigenvalue weighted by molar-refractivity contribution is 6.35. The summed E-state index contributed by atoms with van der Waals surface area (Å²) in [5, 5.41) is 1.18. The summed E-state index contributed by atoms with van der Waals surface area (Å²) >= 11 is 12.8. The fraction of sp³-hybridized carbons (Fsp3) is 0.359. The monoisotopic (exact) mass is 761 g/mol. The van der Waals surface area contributed by atoms with Gasteiger partial charge in [0.05, 0.1) is 73.1 Å². The van der Waals surface area contributed by atoms with Crippen LogP contribution in [-0.2, 0) is 35.6 Å². The Morgan fingerprint density at radius 1 is 0.906 bits per heavy atom.